The minimum Gasteiger partial charge on any atom is -0.366 e. The summed E-state index contributed by atoms with van der Waals surface area (Å²) in [6, 6.07) is 3.32. The molecule has 1 saturated carbocycles. The van der Waals surface area contributed by atoms with Crippen molar-refractivity contribution in [2.45, 2.75) is 38.3 Å². The Bertz CT molecular complexity index is 696. The van der Waals surface area contributed by atoms with E-state index in [4.69, 9.17) is 4.74 Å². The molecule has 0 radical (unpaired) electrons. The maximum absolute atomic E-state index is 13.0. The highest BCUT2D eigenvalue weighted by atomic mass is 79.9. The fourth-order valence-corrected chi connectivity index (χ4v) is 4.32. The predicted molar refractivity (Wildman–Crippen MR) is 109 cm³/mol. The number of rotatable bonds is 5. The van der Waals surface area contributed by atoms with Crippen molar-refractivity contribution in [3.05, 3.63) is 28.2 Å². The lowest BCUT2D eigenvalue weighted by molar-refractivity contribution is -0.138. The summed E-state index contributed by atoms with van der Waals surface area (Å²) >= 11 is 2.91. The SMILES string of the molecule is O=C(Nc1ccc(Br)c(C(F)(F)F)c1)N1CCCN(COCC2CCCC2)CC1. The Morgan fingerprint density at radius 3 is 2.62 bits per heavy atom. The molecule has 0 aromatic heterocycles. The number of hydrogen-bond acceptors (Lipinski definition) is 3. The van der Waals surface area contributed by atoms with E-state index in [1.165, 1.54) is 37.8 Å². The highest BCUT2D eigenvalue weighted by Gasteiger charge is 2.33. The Labute approximate surface area is 177 Å². The molecule has 9 heteroatoms. The second-order valence-electron chi connectivity index (χ2n) is 7.73. The number of hydrogen-bond donors (Lipinski definition) is 1. The van der Waals surface area contributed by atoms with Crippen molar-refractivity contribution in [2.75, 3.05) is 44.8 Å². The molecule has 1 aromatic carbocycles. The van der Waals surface area contributed by atoms with E-state index in [0.717, 1.165) is 25.6 Å². The van der Waals surface area contributed by atoms with E-state index in [2.05, 4.69) is 26.1 Å². The van der Waals surface area contributed by atoms with Gasteiger partial charge in [-0.05, 0) is 43.4 Å². The smallest absolute Gasteiger partial charge is 0.366 e. The number of urea groups is 1. The second kappa shape index (κ2) is 10.1. The molecule has 0 bridgehead atoms. The van der Waals surface area contributed by atoms with Gasteiger partial charge in [-0.1, -0.05) is 28.8 Å². The van der Waals surface area contributed by atoms with E-state index in [1.807, 2.05) is 0 Å². The Morgan fingerprint density at radius 1 is 1.14 bits per heavy atom. The number of carbonyl (C=O) groups is 1. The van der Waals surface area contributed by atoms with Gasteiger partial charge < -0.3 is 15.0 Å². The summed E-state index contributed by atoms with van der Waals surface area (Å²) in [7, 11) is 0. The largest absolute Gasteiger partial charge is 0.417 e. The van der Waals surface area contributed by atoms with E-state index in [0.29, 0.717) is 32.3 Å². The van der Waals surface area contributed by atoms with Crippen LogP contribution in [0, 0.1) is 5.92 Å². The first-order chi connectivity index (χ1) is 13.8. The standard InChI is InChI=1S/C20H27BrF3N3O2/c21-18-7-6-16(12-17(18)20(22,23)24)25-19(28)27-9-3-8-26(10-11-27)14-29-13-15-4-1-2-5-15/h6-7,12,15H,1-5,8-11,13-14H2,(H,25,28). The van der Waals surface area contributed by atoms with Crippen LogP contribution in [0.1, 0.15) is 37.7 Å². The van der Waals surface area contributed by atoms with Gasteiger partial charge in [0.15, 0.2) is 0 Å². The lowest BCUT2D eigenvalue weighted by Gasteiger charge is -2.23. The number of nitrogens with one attached hydrogen (secondary N) is 1. The van der Waals surface area contributed by atoms with Crippen molar-refractivity contribution in [1.82, 2.24) is 9.80 Å². The average Bonchev–Trinajstić information content (AvgIpc) is 3.06. The van der Waals surface area contributed by atoms with Gasteiger partial charge in [0.1, 0.15) is 0 Å². The van der Waals surface area contributed by atoms with Crippen molar-refractivity contribution < 1.29 is 22.7 Å². The van der Waals surface area contributed by atoms with Gasteiger partial charge >= 0.3 is 12.2 Å². The molecule has 5 nitrogen and oxygen atoms in total. The zero-order valence-corrected chi connectivity index (χ0v) is 17.9. The third-order valence-electron chi connectivity index (χ3n) is 5.50. The van der Waals surface area contributed by atoms with Crippen LogP contribution in [0.15, 0.2) is 22.7 Å². The number of carbonyl (C=O) groups excluding carboxylic acids is 1. The fraction of sp³-hybridized carbons (Fsp3) is 0.650. The van der Waals surface area contributed by atoms with Gasteiger partial charge in [0.2, 0.25) is 0 Å². The van der Waals surface area contributed by atoms with Crippen molar-refractivity contribution in [3.8, 4) is 0 Å². The van der Waals surface area contributed by atoms with Crippen LogP contribution in [0.3, 0.4) is 0 Å². The number of alkyl halides is 3. The van der Waals surface area contributed by atoms with E-state index in [9.17, 15) is 18.0 Å². The Hall–Kier alpha value is -1.32. The zero-order valence-electron chi connectivity index (χ0n) is 16.3. The molecule has 1 aliphatic carbocycles. The van der Waals surface area contributed by atoms with Crippen LogP contribution < -0.4 is 5.32 Å². The predicted octanol–water partition coefficient (Wildman–Crippen LogP) is 5.17. The van der Waals surface area contributed by atoms with Gasteiger partial charge in [-0.15, -0.1) is 0 Å². The first-order valence-corrected chi connectivity index (χ1v) is 10.8. The summed E-state index contributed by atoms with van der Waals surface area (Å²) in [5.41, 5.74) is -0.678. The molecule has 162 valence electrons. The molecule has 1 heterocycles. The monoisotopic (exact) mass is 477 g/mol. The molecule has 1 N–H and O–H groups in total. The van der Waals surface area contributed by atoms with Gasteiger partial charge in [-0.2, -0.15) is 13.2 Å². The van der Waals surface area contributed by atoms with Crippen LogP contribution in [-0.4, -0.2) is 55.3 Å². The highest BCUT2D eigenvalue weighted by Crippen LogP contribution is 2.36. The number of halogens is 4. The van der Waals surface area contributed by atoms with Gasteiger partial charge in [-0.3, -0.25) is 4.90 Å². The molecule has 2 fully saturated rings. The first-order valence-electron chi connectivity index (χ1n) is 10.1. The lowest BCUT2D eigenvalue weighted by Crippen LogP contribution is -2.38. The molecule has 2 aliphatic rings. The van der Waals surface area contributed by atoms with Crippen LogP contribution in [0.5, 0.6) is 0 Å². The van der Waals surface area contributed by atoms with Crippen LogP contribution >= 0.6 is 15.9 Å². The normalized spacial score (nSPS) is 19.4. The van der Waals surface area contributed by atoms with E-state index >= 15 is 0 Å². The fourth-order valence-electron chi connectivity index (χ4n) is 3.85. The van der Waals surface area contributed by atoms with Crippen LogP contribution in [0.4, 0.5) is 23.7 Å². The quantitative estimate of drug-likeness (QED) is 0.635. The third kappa shape index (κ3) is 6.58. The molecule has 1 aromatic rings. The number of anilines is 1. The highest BCUT2D eigenvalue weighted by molar-refractivity contribution is 9.10. The molecule has 0 unspecified atom stereocenters. The summed E-state index contributed by atoms with van der Waals surface area (Å²) in [5, 5.41) is 2.59. The zero-order chi connectivity index (χ0) is 20.9. The molecule has 3 rings (SSSR count). The summed E-state index contributed by atoms with van der Waals surface area (Å²) < 4.78 is 44.9. The van der Waals surface area contributed by atoms with Crippen molar-refractivity contribution in [2.24, 2.45) is 5.92 Å². The Balaban J connectivity index is 1.48. The molecule has 0 atom stereocenters. The van der Waals surface area contributed by atoms with E-state index < -0.39 is 11.7 Å². The van der Waals surface area contributed by atoms with Crippen LogP contribution in [0.2, 0.25) is 0 Å². The molecule has 0 spiro atoms. The molecule has 29 heavy (non-hydrogen) atoms. The number of benzene rings is 1. The van der Waals surface area contributed by atoms with Gasteiger partial charge in [0.25, 0.3) is 0 Å². The topological polar surface area (TPSA) is 44.8 Å². The summed E-state index contributed by atoms with van der Waals surface area (Å²) in [6.07, 6.45) is 1.41. The summed E-state index contributed by atoms with van der Waals surface area (Å²) in [4.78, 5) is 16.4. The molecule has 1 saturated heterocycles. The number of nitrogens with zero attached hydrogens (tertiary/aromatic N) is 2. The van der Waals surface area contributed by atoms with Gasteiger partial charge in [0, 0.05) is 36.3 Å². The Kier molecular flexibility index (Phi) is 7.81. The third-order valence-corrected chi connectivity index (χ3v) is 6.19. The van der Waals surface area contributed by atoms with Crippen LogP contribution in [-0.2, 0) is 10.9 Å². The van der Waals surface area contributed by atoms with Crippen LogP contribution in [0.25, 0.3) is 0 Å². The van der Waals surface area contributed by atoms with Crippen molar-refractivity contribution >= 4 is 27.6 Å². The molecular weight excluding hydrogens is 451 g/mol. The molecule has 1 aliphatic heterocycles. The van der Waals surface area contributed by atoms with Crippen molar-refractivity contribution in [1.29, 1.82) is 0 Å². The summed E-state index contributed by atoms with van der Waals surface area (Å²) in [6.45, 7) is 3.96. The van der Waals surface area contributed by atoms with E-state index in [1.54, 1.807) is 4.90 Å². The second-order valence-corrected chi connectivity index (χ2v) is 8.59. The summed E-state index contributed by atoms with van der Waals surface area (Å²) in [5.74, 6) is 0.678. The number of ether oxygens (including phenoxy) is 1. The lowest BCUT2D eigenvalue weighted by atomic mass is 10.1. The molecule has 2 amide bonds. The molecular formula is C20H27BrF3N3O2. The minimum atomic E-state index is -4.48. The number of amides is 2. The first kappa shape index (κ1) is 22.4. The van der Waals surface area contributed by atoms with E-state index in [-0.39, 0.29) is 16.2 Å². The maximum atomic E-state index is 13.0. The maximum Gasteiger partial charge on any atom is 0.417 e. The minimum absolute atomic E-state index is 0.0500. The van der Waals surface area contributed by atoms with Gasteiger partial charge in [-0.25, -0.2) is 4.79 Å². The van der Waals surface area contributed by atoms with Gasteiger partial charge in [0.05, 0.1) is 18.9 Å². The average molecular weight is 478 g/mol. The Morgan fingerprint density at radius 2 is 1.90 bits per heavy atom. The van der Waals surface area contributed by atoms with Crippen molar-refractivity contribution in [3.63, 3.8) is 0 Å².